The van der Waals surface area contributed by atoms with E-state index in [1.807, 2.05) is 13.0 Å². The fourth-order valence-corrected chi connectivity index (χ4v) is 6.51. The number of carbonyl (C=O) groups is 3. The number of unbranched alkanes of at least 4 members (excludes halogenated alkanes) is 1. The normalized spacial score (nSPS) is 15.6. The summed E-state index contributed by atoms with van der Waals surface area (Å²) in [6.45, 7) is 8.36. The minimum Gasteiger partial charge on any atom is -0.465 e. The maximum atomic E-state index is 13.1. The van der Waals surface area contributed by atoms with Crippen LogP contribution in [0.3, 0.4) is 0 Å². The first-order valence-electron chi connectivity index (χ1n) is 12.5. The molecule has 0 saturated carbocycles. The first-order valence-corrected chi connectivity index (χ1v) is 13.9. The van der Waals surface area contributed by atoms with Gasteiger partial charge in [-0.2, -0.15) is 10.5 Å². The number of aliphatic hydroxyl groups is 1. The lowest BCUT2D eigenvalue weighted by Crippen LogP contribution is -2.21. The quantitative estimate of drug-likeness (QED) is 0.237. The summed E-state index contributed by atoms with van der Waals surface area (Å²) >= 11 is 0. The van der Waals surface area contributed by atoms with Crippen LogP contribution in [0.2, 0.25) is 0 Å². The lowest BCUT2D eigenvalue weighted by molar-refractivity contribution is -0.144. The summed E-state index contributed by atoms with van der Waals surface area (Å²) in [6, 6.07) is 12.2. The highest BCUT2D eigenvalue weighted by atomic mass is 32.2. The highest BCUT2D eigenvalue weighted by Gasteiger charge is 2.30. The van der Waals surface area contributed by atoms with E-state index < -0.39 is 10.5 Å². The van der Waals surface area contributed by atoms with E-state index in [0.29, 0.717) is 40.5 Å². The van der Waals surface area contributed by atoms with Crippen LogP contribution < -0.4 is 0 Å². The Balaban J connectivity index is 1.71. The van der Waals surface area contributed by atoms with E-state index in [9.17, 15) is 19.5 Å². The van der Waals surface area contributed by atoms with Crippen LogP contribution in [-0.2, 0) is 9.53 Å². The molecule has 0 fully saturated rings. The third-order valence-electron chi connectivity index (χ3n) is 6.77. The Hall–Kier alpha value is -2.57. The average Bonchev–Trinajstić information content (AvgIpc) is 2.86. The molecular weight excluding hydrogens is 460 g/mol. The van der Waals surface area contributed by atoms with Crippen molar-refractivity contribution in [2.75, 3.05) is 12.4 Å². The second-order valence-electron chi connectivity index (χ2n) is 9.15. The zero-order valence-electron chi connectivity index (χ0n) is 21.1. The largest absolute Gasteiger partial charge is 0.465 e. The van der Waals surface area contributed by atoms with Crippen LogP contribution >= 0.6 is 10.5 Å². The van der Waals surface area contributed by atoms with Crippen LogP contribution in [0.1, 0.15) is 102 Å². The van der Waals surface area contributed by atoms with Crippen molar-refractivity contribution in [3.05, 3.63) is 70.3 Å². The molecule has 0 heterocycles. The van der Waals surface area contributed by atoms with Crippen molar-refractivity contribution in [1.82, 2.24) is 0 Å². The minimum atomic E-state index is -0.604. The maximum absolute atomic E-state index is 13.1. The van der Waals surface area contributed by atoms with Gasteiger partial charge in [-0.3, -0.25) is 14.4 Å². The third-order valence-corrected chi connectivity index (χ3v) is 9.30. The highest BCUT2D eigenvalue weighted by Crippen LogP contribution is 2.38. The van der Waals surface area contributed by atoms with Crippen molar-refractivity contribution in [2.24, 2.45) is 5.92 Å². The molecule has 1 aliphatic rings. The van der Waals surface area contributed by atoms with Crippen LogP contribution in [0, 0.1) is 5.92 Å². The van der Waals surface area contributed by atoms with Gasteiger partial charge in [-0.05, 0) is 43.9 Å². The van der Waals surface area contributed by atoms with E-state index in [2.05, 4.69) is 13.8 Å². The standard InChI is InChI=1S/C29H36O5S/c1-5-7-10-21(6-2)18-34-27(31)15-16-35(20(4)30)19(3)22-13-14-25-26(17-22)29(33)24-12-9-8-11-23(24)28(25)32/h8-9,11-14,17,19,21,30H,5-7,10,15-16,18H2,1-4H3. The molecule has 0 bridgehead atoms. The SMILES string of the molecule is CCCCC(CC)COC(=O)CC/S(=C(\C)O)C(C)c1ccc2c(c1)C(=O)c1ccccc1C2=O. The van der Waals surface area contributed by atoms with Gasteiger partial charge in [0.25, 0.3) is 0 Å². The number of hydrogen-bond donors (Lipinski definition) is 1. The number of ketones is 2. The molecule has 3 rings (SSSR count). The van der Waals surface area contributed by atoms with Gasteiger partial charge in [-0.25, -0.2) is 0 Å². The van der Waals surface area contributed by atoms with Gasteiger partial charge in [-0.1, -0.05) is 63.4 Å². The zero-order valence-corrected chi connectivity index (χ0v) is 22.0. The Bertz CT molecular complexity index is 1130. The van der Waals surface area contributed by atoms with Crippen LogP contribution in [0.4, 0.5) is 0 Å². The molecule has 0 radical (unpaired) electrons. The molecule has 0 spiro atoms. The van der Waals surface area contributed by atoms with Gasteiger partial charge in [0.15, 0.2) is 11.6 Å². The lowest BCUT2D eigenvalue weighted by Gasteiger charge is -2.23. The number of aliphatic hydroxyl groups excluding tert-OH is 1. The van der Waals surface area contributed by atoms with Crippen molar-refractivity contribution >= 4 is 33.1 Å². The molecule has 0 aliphatic heterocycles. The Labute approximate surface area is 210 Å². The number of fused-ring (bicyclic) bond motifs is 2. The van der Waals surface area contributed by atoms with Gasteiger partial charge in [0.2, 0.25) is 0 Å². The van der Waals surface area contributed by atoms with E-state index in [-0.39, 0.29) is 34.3 Å². The average molecular weight is 497 g/mol. The molecule has 1 aliphatic carbocycles. The Morgan fingerprint density at radius 2 is 1.63 bits per heavy atom. The molecule has 0 amide bonds. The Kier molecular flexibility index (Phi) is 9.58. The minimum absolute atomic E-state index is 0.119. The second-order valence-corrected chi connectivity index (χ2v) is 11.7. The molecule has 3 unspecified atom stereocenters. The van der Waals surface area contributed by atoms with Gasteiger partial charge >= 0.3 is 5.97 Å². The molecule has 3 atom stereocenters. The van der Waals surface area contributed by atoms with Gasteiger partial charge in [0.1, 0.15) is 0 Å². The molecule has 35 heavy (non-hydrogen) atoms. The summed E-state index contributed by atoms with van der Waals surface area (Å²) in [4.78, 5) is 38.4. The Morgan fingerprint density at radius 3 is 2.23 bits per heavy atom. The first kappa shape index (κ1) is 27.0. The third kappa shape index (κ3) is 6.36. The van der Waals surface area contributed by atoms with Gasteiger partial charge in [0.05, 0.1) is 18.1 Å². The first-order chi connectivity index (χ1) is 16.8. The van der Waals surface area contributed by atoms with Crippen molar-refractivity contribution in [3.63, 3.8) is 0 Å². The number of esters is 1. The lowest BCUT2D eigenvalue weighted by atomic mass is 9.83. The van der Waals surface area contributed by atoms with Crippen molar-refractivity contribution in [3.8, 4) is 0 Å². The molecule has 188 valence electrons. The van der Waals surface area contributed by atoms with Crippen LogP contribution in [0.5, 0.6) is 0 Å². The van der Waals surface area contributed by atoms with E-state index >= 15 is 0 Å². The number of hydrogen-bond acceptors (Lipinski definition) is 4. The summed E-state index contributed by atoms with van der Waals surface area (Å²) in [6.07, 6.45) is 4.55. The molecule has 2 aromatic rings. The van der Waals surface area contributed by atoms with E-state index in [1.54, 1.807) is 43.3 Å². The molecule has 1 N–H and O–H groups in total. The van der Waals surface area contributed by atoms with Crippen molar-refractivity contribution < 1.29 is 24.2 Å². The summed E-state index contributed by atoms with van der Waals surface area (Å²) in [5.41, 5.74) is 2.52. The zero-order chi connectivity index (χ0) is 25.5. The maximum Gasteiger partial charge on any atom is 0.306 e. The molecule has 6 heteroatoms. The van der Waals surface area contributed by atoms with Crippen LogP contribution in [0.25, 0.3) is 0 Å². The molecule has 2 aromatic carbocycles. The fourth-order valence-electron chi connectivity index (χ4n) is 4.49. The predicted molar refractivity (Wildman–Crippen MR) is 143 cm³/mol. The number of benzene rings is 2. The molecule has 0 saturated heterocycles. The van der Waals surface area contributed by atoms with Crippen molar-refractivity contribution in [1.29, 1.82) is 0 Å². The van der Waals surface area contributed by atoms with Gasteiger partial charge in [0, 0.05) is 33.3 Å². The molecule has 5 nitrogen and oxygen atoms in total. The smallest absolute Gasteiger partial charge is 0.306 e. The summed E-state index contributed by atoms with van der Waals surface area (Å²) in [5.74, 6) is 0.314. The summed E-state index contributed by atoms with van der Waals surface area (Å²) < 4.78 is 5.53. The number of rotatable bonds is 11. The number of carbonyl (C=O) groups excluding carboxylic acids is 3. The topological polar surface area (TPSA) is 80.7 Å². The van der Waals surface area contributed by atoms with E-state index in [4.69, 9.17) is 4.74 Å². The molecular formula is C29H36O5S. The van der Waals surface area contributed by atoms with Gasteiger partial charge < -0.3 is 9.84 Å². The second kappa shape index (κ2) is 12.4. The fraction of sp³-hybridized carbons (Fsp3) is 0.448. The van der Waals surface area contributed by atoms with E-state index in [1.165, 1.54) is 0 Å². The summed E-state index contributed by atoms with van der Waals surface area (Å²) in [5, 5.41) is 10.6. The predicted octanol–water partition coefficient (Wildman–Crippen LogP) is 6.65. The number of ether oxygens (including phenoxy) is 1. The van der Waals surface area contributed by atoms with Crippen LogP contribution in [-0.4, -0.2) is 40.1 Å². The van der Waals surface area contributed by atoms with Crippen molar-refractivity contribution in [2.45, 2.75) is 65.0 Å². The van der Waals surface area contributed by atoms with Crippen LogP contribution in [0.15, 0.2) is 42.5 Å². The van der Waals surface area contributed by atoms with Gasteiger partial charge in [-0.15, -0.1) is 0 Å². The Morgan fingerprint density at radius 1 is 1.00 bits per heavy atom. The molecule has 0 aromatic heterocycles. The summed E-state index contributed by atoms with van der Waals surface area (Å²) in [7, 11) is -0.604. The van der Waals surface area contributed by atoms with E-state index in [0.717, 1.165) is 31.2 Å². The monoisotopic (exact) mass is 496 g/mol. The highest BCUT2D eigenvalue weighted by molar-refractivity contribution is 8.15.